The van der Waals surface area contributed by atoms with Crippen LogP contribution < -0.4 is 21.1 Å². The lowest BCUT2D eigenvalue weighted by molar-refractivity contribution is -0.123. The first-order chi connectivity index (χ1) is 12.0. The molecule has 1 aliphatic rings. The van der Waals surface area contributed by atoms with Crippen LogP contribution in [0.5, 0.6) is 5.75 Å². The number of nitrogens with two attached hydrogens (primary N) is 1. The summed E-state index contributed by atoms with van der Waals surface area (Å²) in [5.74, 6) is 0.290. The molecule has 2 amide bonds. The van der Waals surface area contributed by atoms with Gasteiger partial charge in [-0.05, 0) is 49.2 Å². The molecule has 0 aliphatic carbocycles. The Morgan fingerprint density at radius 2 is 2.12 bits per heavy atom. The molecular weight excluding hydrogens is 318 g/mol. The minimum atomic E-state index is -0.486. The van der Waals surface area contributed by atoms with Crippen molar-refractivity contribution in [2.24, 2.45) is 0 Å². The van der Waals surface area contributed by atoms with Crippen molar-refractivity contribution in [2.75, 3.05) is 11.1 Å². The molecule has 1 aliphatic heterocycles. The monoisotopic (exact) mass is 339 g/mol. The maximum absolute atomic E-state index is 12.4. The van der Waals surface area contributed by atoms with Crippen molar-refractivity contribution >= 4 is 23.2 Å². The number of benzene rings is 2. The highest BCUT2D eigenvalue weighted by molar-refractivity contribution is 5.98. The Hall–Kier alpha value is -3.02. The maximum Gasteiger partial charge on any atom is 0.265 e. The summed E-state index contributed by atoms with van der Waals surface area (Å²) < 4.78 is 5.75. The molecule has 6 heteroatoms. The normalized spacial score (nSPS) is 17.0. The lowest BCUT2D eigenvalue weighted by Gasteiger charge is -2.26. The minimum absolute atomic E-state index is 0.134. The van der Waals surface area contributed by atoms with Gasteiger partial charge in [0, 0.05) is 11.3 Å². The van der Waals surface area contributed by atoms with Crippen LogP contribution >= 0.6 is 0 Å². The van der Waals surface area contributed by atoms with Crippen LogP contribution in [0, 0.1) is 0 Å². The van der Waals surface area contributed by atoms with Crippen LogP contribution in [0.1, 0.15) is 42.2 Å². The second kappa shape index (κ2) is 6.84. The fraction of sp³-hybridized carbons (Fsp3) is 0.263. The lowest BCUT2D eigenvalue weighted by Crippen LogP contribution is -2.36. The summed E-state index contributed by atoms with van der Waals surface area (Å²) >= 11 is 0. The van der Waals surface area contributed by atoms with E-state index in [0.29, 0.717) is 29.1 Å². The molecule has 2 aromatic carbocycles. The standard InChI is InChI=1S/C19H21N3O3/c1-3-16-19(24)22-15-8-7-12(10-17(15)25-16)11(2)21-18(23)13-5-4-6-14(20)9-13/h4-11,16H,3,20H2,1-2H3,(H,21,23)(H,22,24). The topological polar surface area (TPSA) is 93.4 Å². The summed E-state index contributed by atoms with van der Waals surface area (Å²) in [5, 5.41) is 5.78. The zero-order valence-corrected chi connectivity index (χ0v) is 14.2. The SMILES string of the molecule is CCC1Oc2cc(C(C)NC(=O)c3cccc(N)c3)ccc2NC1=O. The first-order valence-corrected chi connectivity index (χ1v) is 8.25. The number of nitrogen functional groups attached to an aromatic ring is 1. The molecule has 0 saturated carbocycles. The average Bonchev–Trinajstić information content (AvgIpc) is 2.60. The van der Waals surface area contributed by atoms with Crippen molar-refractivity contribution < 1.29 is 14.3 Å². The van der Waals surface area contributed by atoms with Crippen molar-refractivity contribution in [1.82, 2.24) is 5.32 Å². The summed E-state index contributed by atoms with van der Waals surface area (Å²) in [4.78, 5) is 24.2. The van der Waals surface area contributed by atoms with E-state index >= 15 is 0 Å². The molecule has 0 fully saturated rings. The first kappa shape index (κ1) is 16.8. The molecule has 2 aromatic rings. The molecule has 1 heterocycles. The number of anilines is 2. The van der Waals surface area contributed by atoms with Crippen LogP contribution in [0.15, 0.2) is 42.5 Å². The molecule has 2 atom stereocenters. The Balaban J connectivity index is 1.76. The molecule has 25 heavy (non-hydrogen) atoms. The van der Waals surface area contributed by atoms with Crippen LogP contribution in [0.4, 0.5) is 11.4 Å². The zero-order valence-electron chi connectivity index (χ0n) is 14.2. The quantitative estimate of drug-likeness (QED) is 0.747. The summed E-state index contributed by atoms with van der Waals surface area (Å²) in [7, 11) is 0. The lowest BCUT2D eigenvalue weighted by atomic mass is 10.0. The number of ether oxygens (including phenoxy) is 1. The predicted octanol–water partition coefficient (Wildman–Crippen LogP) is 2.87. The van der Waals surface area contributed by atoms with Gasteiger partial charge < -0.3 is 21.1 Å². The van der Waals surface area contributed by atoms with Crippen molar-refractivity contribution in [1.29, 1.82) is 0 Å². The molecular formula is C19H21N3O3. The number of carbonyl (C=O) groups is 2. The first-order valence-electron chi connectivity index (χ1n) is 8.25. The van der Waals surface area contributed by atoms with E-state index in [1.165, 1.54) is 0 Å². The molecule has 0 aromatic heterocycles. The Labute approximate surface area is 146 Å². The molecule has 0 radical (unpaired) electrons. The van der Waals surface area contributed by atoms with E-state index in [2.05, 4.69) is 10.6 Å². The number of rotatable bonds is 4. The number of amides is 2. The molecule has 0 bridgehead atoms. The molecule has 0 saturated heterocycles. The van der Waals surface area contributed by atoms with Gasteiger partial charge in [-0.15, -0.1) is 0 Å². The van der Waals surface area contributed by atoms with E-state index in [1.807, 2.05) is 26.0 Å². The molecule has 130 valence electrons. The van der Waals surface area contributed by atoms with Crippen LogP contribution in [-0.4, -0.2) is 17.9 Å². The highest BCUT2D eigenvalue weighted by Crippen LogP contribution is 2.33. The van der Waals surface area contributed by atoms with Crippen molar-refractivity contribution in [2.45, 2.75) is 32.4 Å². The van der Waals surface area contributed by atoms with E-state index in [9.17, 15) is 9.59 Å². The highest BCUT2D eigenvalue weighted by Gasteiger charge is 2.26. The van der Waals surface area contributed by atoms with E-state index in [-0.39, 0.29) is 17.9 Å². The third kappa shape index (κ3) is 3.57. The Kier molecular flexibility index (Phi) is 4.61. The number of carbonyl (C=O) groups excluding carboxylic acids is 2. The van der Waals surface area contributed by atoms with E-state index in [4.69, 9.17) is 10.5 Å². The largest absolute Gasteiger partial charge is 0.478 e. The predicted molar refractivity (Wildman–Crippen MR) is 96.5 cm³/mol. The number of hydrogen-bond donors (Lipinski definition) is 3. The smallest absolute Gasteiger partial charge is 0.265 e. The fourth-order valence-electron chi connectivity index (χ4n) is 2.74. The van der Waals surface area contributed by atoms with E-state index < -0.39 is 6.10 Å². The van der Waals surface area contributed by atoms with Gasteiger partial charge in [-0.25, -0.2) is 0 Å². The Bertz CT molecular complexity index is 819. The molecule has 6 nitrogen and oxygen atoms in total. The molecule has 0 spiro atoms. The van der Waals surface area contributed by atoms with Gasteiger partial charge >= 0.3 is 0 Å². The van der Waals surface area contributed by atoms with Gasteiger partial charge in [0.25, 0.3) is 11.8 Å². The molecule has 2 unspecified atom stereocenters. The summed E-state index contributed by atoms with van der Waals surface area (Å²) in [6, 6.07) is 12.1. The van der Waals surface area contributed by atoms with Gasteiger partial charge in [-0.2, -0.15) is 0 Å². The van der Waals surface area contributed by atoms with Gasteiger partial charge in [-0.1, -0.05) is 19.1 Å². The second-order valence-corrected chi connectivity index (χ2v) is 6.08. The van der Waals surface area contributed by atoms with Gasteiger partial charge in [0.2, 0.25) is 0 Å². The zero-order chi connectivity index (χ0) is 18.0. The molecule has 4 N–H and O–H groups in total. The van der Waals surface area contributed by atoms with E-state index in [0.717, 1.165) is 5.56 Å². The van der Waals surface area contributed by atoms with Crippen molar-refractivity contribution in [3.8, 4) is 5.75 Å². The van der Waals surface area contributed by atoms with Crippen molar-refractivity contribution in [3.05, 3.63) is 53.6 Å². The number of nitrogens with one attached hydrogen (secondary N) is 2. The third-order valence-electron chi connectivity index (χ3n) is 4.19. The van der Waals surface area contributed by atoms with Crippen LogP contribution in [0.3, 0.4) is 0 Å². The van der Waals surface area contributed by atoms with Crippen LogP contribution in [0.2, 0.25) is 0 Å². The fourth-order valence-corrected chi connectivity index (χ4v) is 2.74. The van der Waals surface area contributed by atoms with Gasteiger partial charge in [0.15, 0.2) is 6.10 Å². The summed E-state index contributed by atoms with van der Waals surface area (Å²) in [6.07, 6.45) is 0.108. The van der Waals surface area contributed by atoms with Crippen LogP contribution in [-0.2, 0) is 4.79 Å². The number of hydrogen-bond acceptors (Lipinski definition) is 4. The summed E-state index contributed by atoms with van der Waals surface area (Å²) in [5.41, 5.74) is 8.32. The van der Waals surface area contributed by atoms with Gasteiger partial charge in [0.1, 0.15) is 5.75 Å². The average molecular weight is 339 g/mol. The third-order valence-corrected chi connectivity index (χ3v) is 4.19. The highest BCUT2D eigenvalue weighted by atomic mass is 16.5. The van der Waals surface area contributed by atoms with Gasteiger partial charge in [-0.3, -0.25) is 9.59 Å². The Morgan fingerprint density at radius 1 is 1.32 bits per heavy atom. The summed E-state index contributed by atoms with van der Waals surface area (Å²) in [6.45, 7) is 3.79. The van der Waals surface area contributed by atoms with E-state index in [1.54, 1.807) is 30.3 Å². The minimum Gasteiger partial charge on any atom is -0.478 e. The number of fused-ring (bicyclic) bond motifs is 1. The van der Waals surface area contributed by atoms with Gasteiger partial charge in [0.05, 0.1) is 11.7 Å². The second-order valence-electron chi connectivity index (χ2n) is 6.08. The Morgan fingerprint density at radius 3 is 2.84 bits per heavy atom. The van der Waals surface area contributed by atoms with Crippen LogP contribution in [0.25, 0.3) is 0 Å². The maximum atomic E-state index is 12.4. The molecule has 3 rings (SSSR count). The van der Waals surface area contributed by atoms with Crippen molar-refractivity contribution in [3.63, 3.8) is 0 Å².